The molecule has 1 N–H and O–H groups in total. The Bertz CT molecular complexity index is 597. The third-order valence-electron chi connectivity index (χ3n) is 2.74. The van der Waals surface area contributed by atoms with Crippen molar-refractivity contribution in [3.05, 3.63) is 62.8 Å². The highest BCUT2D eigenvalue weighted by Crippen LogP contribution is 2.29. The van der Waals surface area contributed by atoms with Gasteiger partial charge in [0.2, 0.25) is 0 Å². The Morgan fingerprint density at radius 2 is 2.05 bits per heavy atom. The van der Waals surface area contributed by atoms with Gasteiger partial charge in [-0.2, -0.15) is 0 Å². The van der Waals surface area contributed by atoms with Gasteiger partial charge in [-0.25, -0.2) is 4.39 Å². The van der Waals surface area contributed by atoms with Crippen LogP contribution in [0.25, 0.3) is 0 Å². The maximum atomic E-state index is 13.3. The molecule has 0 aliphatic rings. The largest absolute Gasteiger partial charge is 0.489 e. The molecule has 0 unspecified atom stereocenters. The average Bonchev–Trinajstić information content (AvgIpc) is 2.36. The van der Waals surface area contributed by atoms with Crippen LogP contribution in [0.1, 0.15) is 24.2 Å². The van der Waals surface area contributed by atoms with Gasteiger partial charge in [-0.15, -0.1) is 0 Å². The van der Waals surface area contributed by atoms with Gasteiger partial charge in [0.1, 0.15) is 18.2 Å². The standard InChI is InChI=1S/C15H13BrClFO2/c1-9(19)14-7-12(17)2-3-15(14)20-8-10-4-11(16)6-13(18)5-10/h2-7,9,19H,8H2,1H3/t9-/m0/s1. The molecule has 0 aliphatic carbocycles. The summed E-state index contributed by atoms with van der Waals surface area (Å²) in [5.41, 5.74) is 1.30. The lowest BCUT2D eigenvalue weighted by Crippen LogP contribution is -2.01. The molecule has 2 aromatic rings. The molecule has 0 saturated heterocycles. The van der Waals surface area contributed by atoms with E-state index in [1.807, 2.05) is 0 Å². The van der Waals surface area contributed by atoms with E-state index in [9.17, 15) is 9.50 Å². The molecule has 20 heavy (non-hydrogen) atoms. The fraction of sp³-hybridized carbons (Fsp3) is 0.200. The van der Waals surface area contributed by atoms with E-state index in [-0.39, 0.29) is 12.4 Å². The summed E-state index contributed by atoms with van der Waals surface area (Å²) < 4.78 is 19.6. The Morgan fingerprint density at radius 3 is 2.70 bits per heavy atom. The van der Waals surface area contributed by atoms with Crippen LogP contribution in [0, 0.1) is 5.82 Å². The molecule has 0 aromatic heterocycles. The molecule has 2 rings (SSSR count). The number of benzene rings is 2. The van der Waals surface area contributed by atoms with Crippen molar-refractivity contribution in [1.82, 2.24) is 0 Å². The molecule has 0 amide bonds. The first-order valence-electron chi connectivity index (χ1n) is 6.01. The summed E-state index contributed by atoms with van der Waals surface area (Å²) in [7, 11) is 0. The summed E-state index contributed by atoms with van der Waals surface area (Å²) in [5, 5.41) is 10.2. The summed E-state index contributed by atoms with van der Waals surface area (Å²) in [5.74, 6) is 0.203. The maximum Gasteiger partial charge on any atom is 0.125 e. The number of ether oxygens (including phenoxy) is 1. The summed E-state index contributed by atoms with van der Waals surface area (Å²) in [6.07, 6.45) is -0.692. The van der Waals surface area contributed by atoms with Gasteiger partial charge in [-0.1, -0.05) is 27.5 Å². The molecular formula is C15H13BrClFO2. The Labute approximate surface area is 130 Å². The summed E-state index contributed by atoms with van der Waals surface area (Å²) >= 11 is 9.13. The lowest BCUT2D eigenvalue weighted by Gasteiger charge is -2.14. The van der Waals surface area contributed by atoms with Crippen LogP contribution in [-0.2, 0) is 6.61 Å². The minimum atomic E-state index is -0.692. The Kier molecular flexibility index (Phi) is 5.02. The van der Waals surface area contributed by atoms with Gasteiger partial charge in [0.25, 0.3) is 0 Å². The van der Waals surface area contributed by atoms with E-state index in [0.717, 1.165) is 0 Å². The van der Waals surface area contributed by atoms with Crippen LogP contribution in [0.2, 0.25) is 5.02 Å². The van der Waals surface area contributed by atoms with E-state index in [0.29, 0.717) is 26.4 Å². The van der Waals surface area contributed by atoms with Gasteiger partial charge in [0.05, 0.1) is 6.10 Å². The SMILES string of the molecule is C[C@H](O)c1cc(Cl)ccc1OCc1cc(F)cc(Br)c1. The van der Waals surface area contributed by atoms with E-state index in [1.54, 1.807) is 31.2 Å². The van der Waals surface area contributed by atoms with Crippen LogP contribution in [0.3, 0.4) is 0 Å². The van der Waals surface area contributed by atoms with E-state index in [4.69, 9.17) is 16.3 Å². The van der Waals surface area contributed by atoms with Crippen molar-refractivity contribution in [3.8, 4) is 5.75 Å². The highest BCUT2D eigenvalue weighted by Gasteiger charge is 2.10. The molecule has 0 radical (unpaired) electrons. The lowest BCUT2D eigenvalue weighted by molar-refractivity contribution is 0.190. The topological polar surface area (TPSA) is 29.5 Å². The smallest absolute Gasteiger partial charge is 0.125 e. The van der Waals surface area contributed by atoms with Crippen molar-refractivity contribution >= 4 is 27.5 Å². The highest BCUT2D eigenvalue weighted by molar-refractivity contribution is 9.10. The van der Waals surface area contributed by atoms with Crippen LogP contribution in [0.15, 0.2) is 40.9 Å². The summed E-state index contributed by atoms with van der Waals surface area (Å²) in [4.78, 5) is 0. The number of hydrogen-bond donors (Lipinski definition) is 1. The molecule has 0 bridgehead atoms. The molecule has 106 valence electrons. The molecule has 0 heterocycles. The quantitative estimate of drug-likeness (QED) is 0.843. The number of hydrogen-bond acceptors (Lipinski definition) is 2. The van der Waals surface area contributed by atoms with Crippen molar-refractivity contribution in [1.29, 1.82) is 0 Å². The van der Waals surface area contributed by atoms with Gasteiger partial charge in [0, 0.05) is 15.1 Å². The molecule has 0 spiro atoms. The predicted octanol–water partition coefficient (Wildman–Crippen LogP) is 4.87. The van der Waals surface area contributed by atoms with Crippen molar-refractivity contribution in [2.24, 2.45) is 0 Å². The number of aliphatic hydroxyl groups is 1. The first kappa shape index (κ1) is 15.3. The zero-order valence-corrected chi connectivity index (χ0v) is 13.1. The Morgan fingerprint density at radius 1 is 1.30 bits per heavy atom. The van der Waals surface area contributed by atoms with Crippen molar-refractivity contribution < 1.29 is 14.2 Å². The molecule has 0 aliphatic heterocycles. The molecule has 2 aromatic carbocycles. The second kappa shape index (κ2) is 6.57. The summed E-state index contributed by atoms with van der Waals surface area (Å²) in [6.45, 7) is 1.84. The van der Waals surface area contributed by atoms with E-state index < -0.39 is 6.10 Å². The molecule has 1 atom stereocenters. The zero-order chi connectivity index (χ0) is 14.7. The minimum absolute atomic E-state index is 0.206. The first-order chi connectivity index (χ1) is 9.45. The third-order valence-corrected chi connectivity index (χ3v) is 3.43. The monoisotopic (exact) mass is 358 g/mol. The third kappa shape index (κ3) is 3.95. The molecule has 5 heteroatoms. The fourth-order valence-electron chi connectivity index (χ4n) is 1.83. The van der Waals surface area contributed by atoms with Crippen LogP contribution in [0.4, 0.5) is 4.39 Å². The van der Waals surface area contributed by atoms with E-state index in [1.165, 1.54) is 12.1 Å². The van der Waals surface area contributed by atoms with Gasteiger partial charge in [0.15, 0.2) is 0 Å². The lowest BCUT2D eigenvalue weighted by atomic mass is 10.1. The van der Waals surface area contributed by atoms with E-state index in [2.05, 4.69) is 15.9 Å². The van der Waals surface area contributed by atoms with Crippen LogP contribution < -0.4 is 4.74 Å². The summed E-state index contributed by atoms with van der Waals surface area (Å²) in [6, 6.07) is 9.60. The zero-order valence-electron chi connectivity index (χ0n) is 10.7. The first-order valence-corrected chi connectivity index (χ1v) is 7.18. The maximum absolute atomic E-state index is 13.3. The highest BCUT2D eigenvalue weighted by atomic mass is 79.9. The average molecular weight is 360 g/mol. The molecule has 2 nitrogen and oxygen atoms in total. The van der Waals surface area contributed by atoms with Crippen molar-refractivity contribution in [2.45, 2.75) is 19.6 Å². The number of rotatable bonds is 4. The van der Waals surface area contributed by atoms with Crippen molar-refractivity contribution in [2.75, 3.05) is 0 Å². The molecule has 0 saturated carbocycles. The van der Waals surface area contributed by atoms with Gasteiger partial charge < -0.3 is 9.84 Å². The predicted molar refractivity (Wildman–Crippen MR) is 80.5 cm³/mol. The molecule has 0 fully saturated rings. The Hall–Kier alpha value is -1.10. The second-order valence-electron chi connectivity index (χ2n) is 4.42. The normalized spacial score (nSPS) is 12.2. The van der Waals surface area contributed by atoms with Gasteiger partial charge >= 0.3 is 0 Å². The van der Waals surface area contributed by atoms with Crippen molar-refractivity contribution in [3.63, 3.8) is 0 Å². The fourth-order valence-corrected chi connectivity index (χ4v) is 2.53. The van der Waals surface area contributed by atoms with Gasteiger partial charge in [-0.05, 0) is 48.9 Å². The number of halogens is 3. The van der Waals surface area contributed by atoms with Crippen LogP contribution >= 0.6 is 27.5 Å². The minimum Gasteiger partial charge on any atom is -0.489 e. The molecular weight excluding hydrogens is 347 g/mol. The number of aliphatic hydroxyl groups excluding tert-OH is 1. The second-order valence-corrected chi connectivity index (χ2v) is 5.78. The van der Waals surface area contributed by atoms with Gasteiger partial charge in [-0.3, -0.25) is 0 Å². The van der Waals surface area contributed by atoms with Crippen LogP contribution in [0.5, 0.6) is 5.75 Å². The van der Waals surface area contributed by atoms with E-state index >= 15 is 0 Å². The van der Waals surface area contributed by atoms with Crippen LogP contribution in [-0.4, -0.2) is 5.11 Å². The Balaban J connectivity index is 2.18.